The summed E-state index contributed by atoms with van der Waals surface area (Å²) < 4.78 is 0. The largest absolute Gasteiger partial charge is 0.393 e. The topological polar surface area (TPSA) is 37.3 Å². The first-order valence-electron chi connectivity index (χ1n) is 4.01. The van der Waals surface area contributed by atoms with E-state index in [1.807, 2.05) is 6.08 Å². The fourth-order valence-corrected chi connectivity index (χ4v) is 1.05. The summed E-state index contributed by atoms with van der Waals surface area (Å²) >= 11 is 0. The molecule has 0 amide bonds. The molecule has 1 aliphatic rings. The lowest BCUT2D eigenvalue weighted by Gasteiger charge is -2.06. The Labute approximate surface area is 71.9 Å². The number of allylic oxidation sites excluding steroid dienone is 2. The highest BCUT2D eigenvalue weighted by Crippen LogP contribution is 2.09. The predicted molar refractivity (Wildman–Crippen MR) is 46.7 cm³/mol. The van der Waals surface area contributed by atoms with E-state index in [0.29, 0.717) is 12.0 Å². The van der Waals surface area contributed by atoms with Crippen molar-refractivity contribution in [1.29, 1.82) is 0 Å². The Morgan fingerprint density at radius 3 is 3.17 bits per heavy atom. The van der Waals surface area contributed by atoms with E-state index in [2.05, 4.69) is 12.3 Å². The van der Waals surface area contributed by atoms with E-state index in [4.69, 9.17) is 0 Å². The second kappa shape index (κ2) is 4.05. The standard InChI is InChI=1S/C10H12O2/c1-8-5-3-2-4-6-9(11)7-10(8)12/h2,5,9,11H,1,4,6-7H2. The summed E-state index contributed by atoms with van der Waals surface area (Å²) in [7, 11) is 0. The smallest absolute Gasteiger partial charge is 0.165 e. The highest BCUT2D eigenvalue weighted by atomic mass is 16.3. The van der Waals surface area contributed by atoms with Gasteiger partial charge in [0.2, 0.25) is 0 Å². The minimum atomic E-state index is -0.529. The van der Waals surface area contributed by atoms with Crippen molar-refractivity contribution < 1.29 is 9.90 Å². The first-order valence-corrected chi connectivity index (χ1v) is 4.01. The molecule has 0 aromatic rings. The summed E-state index contributed by atoms with van der Waals surface area (Å²) in [4.78, 5) is 11.2. The van der Waals surface area contributed by atoms with Gasteiger partial charge in [-0.05, 0) is 25.0 Å². The molecule has 0 saturated carbocycles. The van der Waals surface area contributed by atoms with E-state index in [1.54, 1.807) is 6.08 Å². The lowest BCUT2D eigenvalue weighted by atomic mass is 10.1. The monoisotopic (exact) mass is 164 g/mol. The molecule has 2 heteroatoms. The normalized spacial score (nSPS) is 24.9. The van der Waals surface area contributed by atoms with E-state index < -0.39 is 6.10 Å². The first kappa shape index (κ1) is 8.98. The van der Waals surface area contributed by atoms with E-state index >= 15 is 0 Å². The number of aliphatic hydroxyl groups excluding tert-OH is 1. The number of carbonyl (C=O) groups is 1. The minimum Gasteiger partial charge on any atom is -0.393 e. The van der Waals surface area contributed by atoms with Crippen molar-refractivity contribution in [3.63, 3.8) is 0 Å². The van der Waals surface area contributed by atoms with E-state index in [1.165, 1.54) is 0 Å². The SMILES string of the molecule is C=C1C=C=CCCC(O)CC1=O. The van der Waals surface area contributed by atoms with Gasteiger partial charge in [0, 0.05) is 12.0 Å². The van der Waals surface area contributed by atoms with Gasteiger partial charge < -0.3 is 5.11 Å². The Hall–Kier alpha value is -1.11. The molecule has 1 aliphatic carbocycles. The van der Waals surface area contributed by atoms with E-state index in [9.17, 15) is 9.90 Å². The van der Waals surface area contributed by atoms with Crippen molar-refractivity contribution >= 4 is 5.78 Å². The second-order valence-corrected chi connectivity index (χ2v) is 2.90. The molecule has 1 atom stereocenters. The number of rotatable bonds is 0. The zero-order valence-electron chi connectivity index (χ0n) is 6.92. The maximum Gasteiger partial charge on any atom is 0.165 e. The van der Waals surface area contributed by atoms with Crippen LogP contribution < -0.4 is 0 Å². The molecule has 0 fully saturated rings. The Balaban J connectivity index is 2.75. The van der Waals surface area contributed by atoms with Crippen LogP contribution in [0, 0.1) is 0 Å². The van der Waals surface area contributed by atoms with Gasteiger partial charge in [0.05, 0.1) is 6.10 Å². The van der Waals surface area contributed by atoms with Crippen LogP contribution >= 0.6 is 0 Å². The molecule has 12 heavy (non-hydrogen) atoms. The van der Waals surface area contributed by atoms with Gasteiger partial charge in [-0.2, -0.15) is 0 Å². The third-order valence-corrected chi connectivity index (χ3v) is 1.80. The van der Waals surface area contributed by atoms with Crippen LogP contribution in [0.2, 0.25) is 0 Å². The number of ketones is 1. The molecule has 0 bridgehead atoms. The lowest BCUT2D eigenvalue weighted by Crippen LogP contribution is -2.13. The average Bonchev–Trinajstić information content (AvgIpc) is 2.07. The lowest BCUT2D eigenvalue weighted by molar-refractivity contribution is -0.117. The van der Waals surface area contributed by atoms with Crippen molar-refractivity contribution in [3.8, 4) is 0 Å². The molecule has 1 N–H and O–H groups in total. The van der Waals surface area contributed by atoms with Gasteiger partial charge in [-0.15, -0.1) is 5.73 Å². The molecular formula is C10H12O2. The van der Waals surface area contributed by atoms with Crippen LogP contribution in [0.5, 0.6) is 0 Å². The van der Waals surface area contributed by atoms with Gasteiger partial charge in [0.15, 0.2) is 5.78 Å². The van der Waals surface area contributed by atoms with Crippen LogP contribution in [0.3, 0.4) is 0 Å². The molecule has 0 aromatic carbocycles. The zero-order chi connectivity index (χ0) is 8.97. The van der Waals surface area contributed by atoms with Gasteiger partial charge in [-0.3, -0.25) is 4.79 Å². The summed E-state index contributed by atoms with van der Waals surface area (Å²) in [6.45, 7) is 3.57. The predicted octanol–water partition coefficient (Wildman–Crippen LogP) is 1.37. The van der Waals surface area contributed by atoms with Crippen molar-refractivity contribution in [2.45, 2.75) is 25.4 Å². The fourth-order valence-electron chi connectivity index (χ4n) is 1.05. The molecule has 64 valence electrons. The van der Waals surface area contributed by atoms with Gasteiger partial charge in [-0.1, -0.05) is 6.58 Å². The molecule has 0 radical (unpaired) electrons. The Morgan fingerprint density at radius 2 is 2.42 bits per heavy atom. The third kappa shape index (κ3) is 2.50. The van der Waals surface area contributed by atoms with Crippen molar-refractivity contribution in [1.82, 2.24) is 0 Å². The summed E-state index contributed by atoms with van der Waals surface area (Å²) in [6.07, 6.45) is 4.43. The Bertz CT molecular complexity index is 257. The maximum absolute atomic E-state index is 11.2. The van der Waals surface area contributed by atoms with Crippen LogP contribution in [-0.2, 0) is 4.79 Å². The number of aliphatic hydroxyl groups is 1. The Kier molecular flexibility index (Phi) is 3.03. The van der Waals surface area contributed by atoms with Crippen molar-refractivity contribution in [2.24, 2.45) is 0 Å². The van der Waals surface area contributed by atoms with Crippen LogP contribution in [-0.4, -0.2) is 17.0 Å². The number of hydrogen-bond acceptors (Lipinski definition) is 2. The number of Topliss-reactive ketones (excluding diaryl/α,β-unsaturated/α-hetero) is 1. The van der Waals surface area contributed by atoms with Crippen LogP contribution in [0.25, 0.3) is 0 Å². The van der Waals surface area contributed by atoms with Gasteiger partial charge in [0.25, 0.3) is 0 Å². The highest BCUT2D eigenvalue weighted by molar-refractivity contribution is 5.97. The average molecular weight is 164 g/mol. The van der Waals surface area contributed by atoms with Crippen LogP contribution in [0.4, 0.5) is 0 Å². The second-order valence-electron chi connectivity index (χ2n) is 2.90. The molecule has 0 spiro atoms. The maximum atomic E-state index is 11.2. The molecule has 0 aliphatic heterocycles. The zero-order valence-corrected chi connectivity index (χ0v) is 6.92. The molecule has 2 nitrogen and oxygen atoms in total. The molecule has 0 saturated heterocycles. The first-order chi connectivity index (χ1) is 5.70. The molecular weight excluding hydrogens is 152 g/mol. The summed E-state index contributed by atoms with van der Waals surface area (Å²) in [5.74, 6) is -0.0923. The number of carbonyl (C=O) groups excluding carboxylic acids is 1. The van der Waals surface area contributed by atoms with Crippen molar-refractivity contribution in [2.75, 3.05) is 0 Å². The quantitative estimate of drug-likeness (QED) is 0.433. The Morgan fingerprint density at radius 1 is 1.67 bits per heavy atom. The van der Waals surface area contributed by atoms with E-state index in [0.717, 1.165) is 6.42 Å². The molecule has 0 heterocycles. The molecule has 1 rings (SSSR count). The van der Waals surface area contributed by atoms with Crippen LogP contribution in [0.1, 0.15) is 19.3 Å². The summed E-state index contributed by atoms with van der Waals surface area (Å²) in [6, 6.07) is 0. The van der Waals surface area contributed by atoms with E-state index in [-0.39, 0.29) is 12.2 Å². The number of hydrogen-bond donors (Lipinski definition) is 1. The third-order valence-electron chi connectivity index (χ3n) is 1.80. The summed E-state index contributed by atoms with van der Waals surface area (Å²) in [5, 5.41) is 9.30. The van der Waals surface area contributed by atoms with Gasteiger partial charge >= 0.3 is 0 Å². The van der Waals surface area contributed by atoms with Gasteiger partial charge in [0.1, 0.15) is 0 Å². The van der Waals surface area contributed by atoms with Crippen LogP contribution in [0.15, 0.2) is 30.0 Å². The summed E-state index contributed by atoms with van der Waals surface area (Å²) in [5.41, 5.74) is 3.27. The molecule has 0 aromatic heterocycles. The minimum absolute atomic E-state index is 0.0923. The van der Waals surface area contributed by atoms with Crippen molar-refractivity contribution in [3.05, 3.63) is 30.0 Å². The fraction of sp³-hybridized carbons (Fsp3) is 0.400. The van der Waals surface area contributed by atoms with Gasteiger partial charge in [-0.25, -0.2) is 0 Å². The molecule has 1 unspecified atom stereocenters. The highest BCUT2D eigenvalue weighted by Gasteiger charge is 2.12.